The molecular formula is C23H35ClN4O2. The van der Waals surface area contributed by atoms with Crippen LogP contribution in [0.2, 0.25) is 5.02 Å². The van der Waals surface area contributed by atoms with Gasteiger partial charge >= 0.3 is 6.03 Å². The van der Waals surface area contributed by atoms with E-state index in [2.05, 4.69) is 22.5 Å². The SMILES string of the molecule is CC1CCCN(CCCNC(=O)CC2CCN(C(=O)Nc3cccc(Cl)c3)CC2)C1. The first-order chi connectivity index (χ1) is 14.5. The molecule has 1 aromatic rings. The van der Waals surface area contributed by atoms with Crippen LogP contribution in [-0.4, -0.2) is 61.0 Å². The molecule has 3 rings (SSSR count). The second-order valence-corrected chi connectivity index (χ2v) is 9.26. The van der Waals surface area contributed by atoms with Crippen molar-refractivity contribution in [3.05, 3.63) is 29.3 Å². The normalized spacial score (nSPS) is 20.7. The third kappa shape index (κ3) is 7.47. The van der Waals surface area contributed by atoms with Gasteiger partial charge in [-0.15, -0.1) is 0 Å². The van der Waals surface area contributed by atoms with Crippen LogP contribution in [0.4, 0.5) is 10.5 Å². The van der Waals surface area contributed by atoms with E-state index in [0.717, 1.165) is 38.3 Å². The van der Waals surface area contributed by atoms with Crippen LogP contribution >= 0.6 is 11.6 Å². The molecule has 1 aromatic carbocycles. The van der Waals surface area contributed by atoms with Gasteiger partial charge in [0.25, 0.3) is 0 Å². The lowest BCUT2D eigenvalue weighted by Gasteiger charge is -2.32. The summed E-state index contributed by atoms with van der Waals surface area (Å²) >= 11 is 5.97. The van der Waals surface area contributed by atoms with Crippen LogP contribution in [0.25, 0.3) is 0 Å². The van der Waals surface area contributed by atoms with E-state index in [1.54, 1.807) is 12.1 Å². The Balaban J connectivity index is 1.28. The van der Waals surface area contributed by atoms with Crippen molar-refractivity contribution < 1.29 is 9.59 Å². The number of benzene rings is 1. The van der Waals surface area contributed by atoms with Gasteiger partial charge in [0, 0.05) is 43.3 Å². The van der Waals surface area contributed by atoms with E-state index in [-0.39, 0.29) is 11.9 Å². The molecule has 0 bridgehead atoms. The molecule has 30 heavy (non-hydrogen) atoms. The molecule has 3 amide bonds. The molecule has 2 aliphatic heterocycles. The number of likely N-dealkylation sites (tertiary alicyclic amines) is 2. The molecule has 2 fully saturated rings. The summed E-state index contributed by atoms with van der Waals surface area (Å²) in [5.74, 6) is 1.29. The van der Waals surface area contributed by atoms with Gasteiger partial charge < -0.3 is 20.4 Å². The average Bonchev–Trinajstić information content (AvgIpc) is 2.72. The van der Waals surface area contributed by atoms with Gasteiger partial charge in [-0.1, -0.05) is 24.6 Å². The molecule has 2 N–H and O–H groups in total. The van der Waals surface area contributed by atoms with E-state index >= 15 is 0 Å². The summed E-state index contributed by atoms with van der Waals surface area (Å²) in [4.78, 5) is 29.0. The van der Waals surface area contributed by atoms with Crippen LogP contribution in [-0.2, 0) is 4.79 Å². The number of nitrogens with one attached hydrogen (secondary N) is 2. The fourth-order valence-corrected chi connectivity index (χ4v) is 4.65. The van der Waals surface area contributed by atoms with Crippen molar-refractivity contribution in [1.82, 2.24) is 15.1 Å². The molecule has 7 heteroatoms. The van der Waals surface area contributed by atoms with Crippen molar-refractivity contribution in [2.75, 3.05) is 44.6 Å². The molecular weight excluding hydrogens is 400 g/mol. The van der Waals surface area contributed by atoms with E-state index in [0.29, 0.717) is 36.1 Å². The number of nitrogens with zero attached hydrogens (tertiary/aromatic N) is 2. The topological polar surface area (TPSA) is 64.7 Å². The molecule has 2 saturated heterocycles. The molecule has 0 radical (unpaired) electrons. The third-order valence-corrected chi connectivity index (χ3v) is 6.40. The molecule has 2 aliphatic rings. The lowest BCUT2D eigenvalue weighted by molar-refractivity contribution is -0.122. The molecule has 0 aliphatic carbocycles. The van der Waals surface area contributed by atoms with Gasteiger partial charge in [-0.05, 0) is 75.2 Å². The minimum Gasteiger partial charge on any atom is -0.356 e. The average molecular weight is 435 g/mol. The zero-order valence-electron chi connectivity index (χ0n) is 18.0. The summed E-state index contributed by atoms with van der Waals surface area (Å²) in [5, 5.41) is 6.57. The Hall–Kier alpha value is -1.79. The van der Waals surface area contributed by atoms with E-state index in [9.17, 15) is 9.59 Å². The predicted octanol–water partition coefficient (Wildman–Crippen LogP) is 4.21. The highest BCUT2D eigenvalue weighted by atomic mass is 35.5. The molecule has 166 valence electrons. The van der Waals surface area contributed by atoms with Crippen molar-refractivity contribution >= 4 is 29.2 Å². The lowest BCUT2D eigenvalue weighted by Crippen LogP contribution is -2.42. The maximum Gasteiger partial charge on any atom is 0.321 e. The second kappa shape index (κ2) is 11.6. The van der Waals surface area contributed by atoms with Crippen molar-refractivity contribution in [2.45, 2.75) is 45.4 Å². The Morgan fingerprint density at radius 1 is 1.17 bits per heavy atom. The Morgan fingerprint density at radius 2 is 1.97 bits per heavy atom. The van der Waals surface area contributed by atoms with E-state index in [1.807, 2.05) is 17.0 Å². The van der Waals surface area contributed by atoms with Crippen LogP contribution in [0.5, 0.6) is 0 Å². The molecule has 0 saturated carbocycles. The van der Waals surface area contributed by atoms with Crippen molar-refractivity contribution in [3.63, 3.8) is 0 Å². The minimum absolute atomic E-state index is 0.104. The van der Waals surface area contributed by atoms with Gasteiger partial charge in [-0.25, -0.2) is 4.79 Å². The van der Waals surface area contributed by atoms with Crippen LogP contribution in [0.3, 0.4) is 0 Å². The smallest absolute Gasteiger partial charge is 0.321 e. The first-order valence-corrected chi connectivity index (χ1v) is 11.7. The number of piperidine rings is 2. The minimum atomic E-state index is -0.104. The number of amides is 3. The maximum absolute atomic E-state index is 12.4. The number of urea groups is 1. The third-order valence-electron chi connectivity index (χ3n) is 6.17. The first kappa shape index (κ1) is 22.9. The number of anilines is 1. The Morgan fingerprint density at radius 3 is 2.70 bits per heavy atom. The summed E-state index contributed by atoms with van der Waals surface area (Å²) in [6.07, 6.45) is 5.94. The van der Waals surface area contributed by atoms with Gasteiger partial charge in [0.05, 0.1) is 0 Å². The van der Waals surface area contributed by atoms with Crippen LogP contribution < -0.4 is 10.6 Å². The fraction of sp³-hybridized carbons (Fsp3) is 0.652. The second-order valence-electron chi connectivity index (χ2n) is 8.83. The monoisotopic (exact) mass is 434 g/mol. The molecule has 0 aromatic heterocycles. The van der Waals surface area contributed by atoms with Crippen LogP contribution in [0.1, 0.15) is 45.4 Å². The summed E-state index contributed by atoms with van der Waals surface area (Å²) in [6, 6.07) is 7.06. The number of halogens is 1. The summed E-state index contributed by atoms with van der Waals surface area (Å²) in [6.45, 7) is 7.89. The van der Waals surface area contributed by atoms with Gasteiger partial charge in [-0.2, -0.15) is 0 Å². The lowest BCUT2D eigenvalue weighted by atomic mass is 9.93. The highest BCUT2D eigenvalue weighted by Gasteiger charge is 2.24. The number of carbonyl (C=O) groups is 2. The van der Waals surface area contributed by atoms with Gasteiger partial charge in [0.1, 0.15) is 0 Å². The number of hydrogen-bond acceptors (Lipinski definition) is 3. The van der Waals surface area contributed by atoms with Gasteiger partial charge in [-0.3, -0.25) is 4.79 Å². The predicted molar refractivity (Wildman–Crippen MR) is 122 cm³/mol. The number of rotatable bonds is 7. The van der Waals surface area contributed by atoms with Crippen molar-refractivity contribution in [3.8, 4) is 0 Å². The number of hydrogen-bond donors (Lipinski definition) is 2. The van der Waals surface area contributed by atoms with Gasteiger partial charge in [0.15, 0.2) is 0 Å². The molecule has 1 atom stereocenters. The fourth-order valence-electron chi connectivity index (χ4n) is 4.46. The summed E-state index contributed by atoms with van der Waals surface area (Å²) in [5.41, 5.74) is 0.702. The van der Waals surface area contributed by atoms with E-state index in [4.69, 9.17) is 11.6 Å². The standard InChI is InChI=1S/C23H35ClN4O2/c1-18-5-3-11-27(17-18)12-4-10-25-22(29)15-19-8-13-28(14-9-19)23(30)26-21-7-2-6-20(24)16-21/h2,6-7,16,18-19H,3-5,8-15,17H2,1H3,(H,25,29)(H,26,30). The zero-order valence-corrected chi connectivity index (χ0v) is 18.8. The quantitative estimate of drug-likeness (QED) is 0.631. The van der Waals surface area contributed by atoms with E-state index in [1.165, 1.54) is 25.9 Å². The highest BCUT2D eigenvalue weighted by Crippen LogP contribution is 2.22. The van der Waals surface area contributed by atoms with E-state index < -0.39 is 0 Å². The summed E-state index contributed by atoms with van der Waals surface area (Å²) in [7, 11) is 0. The molecule has 2 heterocycles. The summed E-state index contributed by atoms with van der Waals surface area (Å²) < 4.78 is 0. The number of carbonyl (C=O) groups excluding carboxylic acids is 2. The zero-order chi connectivity index (χ0) is 21.3. The Labute approximate surface area is 185 Å². The Bertz CT molecular complexity index is 706. The van der Waals surface area contributed by atoms with Crippen LogP contribution in [0, 0.1) is 11.8 Å². The molecule has 0 spiro atoms. The largest absolute Gasteiger partial charge is 0.356 e. The highest BCUT2D eigenvalue weighted by molar-refractivity contribution is 6.30. The van der Waals surface area contributed by atoms with Crippen LogP contribution in [0.15, 0.2) is 24.3 Å². The van der Waals surface area contributed by atoms with Gasteiger partial charge in [0.2, 0.25) is 5.91 Å². The van der Waals surface area contributed by atoms with Crippen molar-refractivity contribution in [2.24, 2.45) is 11.8 Å². The molecule has 6 nitrogen and oxygen atoms in total. The van der Waals surface area contributed by atoms with Crippen molar-refractivity contribution in [1.29, 1.82) is 0 Å². The maximum atomic E-state index is 12.4. The molecule has 1 unspecified atom stereocenters. The first-order valence-electron chi connectivity index (χ1n) is 11.3. The Kier molecular flexibility index (Phi) is 8.82.